The fourth-order valence-electron chi connectivity index (χ4n) is 3.95. The normalized spacial score (nSPS) is 20.2. The lowest BCUT2D eigenvalue weighted by Gasteiger charge is -2.28. The van der Waals surface area contributed by atoms with Crippen molar-refractivity contribution in [2.24, 2.45) is 0 Å². The molecular formula is C20H23N5O2S. The van der Waals surface area contributed by atoms with Gasteiger partial charge in [-0.2, -0.15) is 16.4 Å². The Morgan fingerprint density at radius 2 is 2.11 bits per heavy atom. The summed E-state index contributed by atoms with van der Waals surface area (Å²) in [5.74, 6) is 1.24. The average Bonchev–Trinajstić information content (AvgIpc) is 3.47. The van der Waals surface area contributed by atoms with Crippen LogP contribution in [-0.4, -0.2) is 64.8 Å². The van der Waals surface area contributed by atoms with E-state index in [1.54, 1.807) is 11.3 Å². The first-order valence-corrected chi connectivity index (χ1v) is 10.7. The van der Waals surface area contributed by atoms with Gasteiger partial charge in [0.1, 0.15) is 0 Å². The molecule has 1 atom stereocenters. The molecule has 28 heavy (non-hydrogen) atoms. The molecule has 0 radical (unpaired) electrons. The van der Waals surface area contributed by atoms with E-state index in [-0.39, 0.29) is 11.8 Å². The first kappa shape index (κ1) is 17.6. The third-order valence-corrected chi connectivity index (χ3v) is 6.28. The Morgan fingerprint density at radius 1 is 1.21 bits per heavy atom. The number of rotatable bonds is 4. The van der Waals surface area contributed by atoms with Crippen LogP contribution in [0.5, 0.6) is 0 Å². The molecule has 0 aromatic carbocycles. The van der Waals surface area contributed by atoms with Crippen molar-refractivity contribution in [1.82, 2.24) is 19.5 Å². The van der Waals surface area contributed by atoms with Crippen LogP contribution in [0.2, 0.25) is 0 Å². The number of nitrogens with zero attached hydrogens (tertiary/aromatic N) is 5. The van der Waals surface area contributed by atoms with Gasteiger partial charge in [0.25, 0.3) is 0 Å². The minimum absolute atomic E-state index is 0.194. The summed E-state index contributed by atoms with van der Waals surface area (Å²) in [5.41, 5.74) is 3.10. The lowest BCUT2D eigenvalue weighted by molar-refractivity contribution is -0.129. The standard InChI is InChI=1S/C20H23N5O2S/c26-19(11-15-4-10-28-14-15)24-5-3-16(12-24)20-21-18-2-1-17(13-25(18)22-20)23-6-8-27-9-7-23/h1-2,4,10,13-14,16H,3,5-9,11-12H2/t16-/m1/s1. The number of anilines is 1. The summed E-state index contributed by atoms with van der Waals surface area (Å²) in [7, 11) is 0. The zero-order valence-electron chi connectivity index (χ0n) is 15.7. The van der Waals surface area contributed by atoms with Crippen molar-refractivity contribution in [3.05, 3.63) is 46.5 Å². The van der Waals surface area contributed by atoms with Crippen molar-refractivity contribution in [2.45, 2.75) is 18.8 Å². The molecule has 1 amide bonds. The number of hydrogen-bond acceptors (Lipinski definition) is 6. The zero-order chi connectivity index (χ0) is 18.9. The Labute approximate surface area is 167 Å². The van der Waals surface area contributed by atoms with Gasteiger partial charge < -0.3 is 14.5 Å². The highest BCUT2D eigenvalue weighted by Crippen LogP contribution is 2.26. The van der Waals surface area contributed by atoms with Crippen LogP contribution in [0.1, 0.15) is 23.7 Å². The Balaban J connectivity index is 1.29. The van der Waals surface area contributed by atoms with Gasteiger partial charge in [-0.25, -0.2) is 9.50 Å². The molecule has 3 aromatic rings. The predicted octanol–water partition coefficient (Wildman–Crippen LogP) is 2.19. The molecule has 2 fully saturated rings. The van der Waals surface area contributed by atoms with E-state index in [4.69, 9.17) is 14.8 Å². The van der Waals surface area contributed by atoms with Crippen molar-refractivity contribution in [3.63, 3.8) is 0 Å². The Bertz CT molecular complexity index is 964. The van der Waals surface area contributed by atoms with Gasteiger partial charge in [-0.3, -0.25) is 4.79 Å². The van der Waals surface area contributed by atoms with Gasteiger partial charge >= 0.3 is 0 Å². The predicted molar refractivity (Wildman–Crippen MR) is 108 cm³/mol. The molecule has 0 spiro atoms. The van der Waals surface area contributed by atoms with E-state index in [1.165, 1.54) is 0 Å². The largest absolute Gasteiger partial charge is 0.378 e. The second-order valence-electron chi connectivity index (χ2n) is 7.39. The Kier molecular flexibility index (Phi) is 4.74. The first-order valence-electron chi connectivity index (χ1n) is 9.74. The highest BCUT2D eigenvalue weighted by molar-refractivity contribution is 7.08. The third-order valence-electron chi connectivity index (χ3n) is 5.55. The van der Waals surface area contributed by atoms with Crippen LogP contribution in [0.25, 0.3) is 5.65 Å². The lowest BCUT2D eigenvalue weighted by Crippen LogP contribution is -2.36. The van der Waals surface area contributed by atoms with E-state index in [2.05, 4.69) is 11.0 Å². The summed E-state index contributed by atoms with van der Waals surface area (Å²) in [6.07, 6.45) is 3.45. The van der Waals surface area contributed by atoms with Crippen molar-refractivity contribution >= 4 is 28.6 Å². The number of pyridine rings is 1. The molecular weight excluding hydrogens is 374 g/mol. The maximum Gasteiger partial charge on any atom is 0.227 e. The number of thiophene rings is 1. The number of hydrogen-bond donors (Lipinski definition) is 0. The summed E-state index contributed by atoms with van der Waals surface area (Å²) in [5, 5.41) is 8.79. The highest BCUT2D eigenvalue weighted by atomic mass is 32.1. The Hall–Kier alpha value is -2.45. The fourth-order valence-corrected chi connectivity index (χ4v) is 4.62. The first-order chi connectivity index (χ1) is 13.8. The smallest absolute Gasteiger partial charge is 0.227 e. The zero-order valence-corrected chi connectivity index (χ0v) is 16.5. The van der Waals surface area contributed by atoms with Crippen molar-refractivity contribution < 1.29 is 9.53 Å². The number of amides is 1. The molecule has 0 saturated carbocycles. The quantitative estimate of drug-likeness (QED) is 0.675. The average molecular weight is 398 g/mol. The second-order valence-corrected chi connectivity index (χ2v) is 8.17. The van der Waals surface area contributed by atoms with Crippen LogP contribution in [0.3, 0.4) is 0 Å². The van der Waals surface area contributed by atoms with Gasteiger partial charge in [0.05, 0.1) is 31.5 Å². The number of aromatic nitrogens is 3. The number of carbonyl (C=O) groups excluding carboxylic acids is 1. The number of morpholine rings is 1. The molecule has 5 rings (SSSR count). The van der Waals surface area contributed by atoms with Crippen molar-refractivity contribution in [1.29, 1.82) is 0 Å². The summed E-state index contributed by atoms with van der Waals surface area (Å²) in [6, 6.07) is 6.14. The van der Waals surface area contributed by atoms with Crippen LogP contribution in [-0.2, 0) is 16.0 Å². The van der Waals surface area contributed by atoms with Gasteiger partial charge in [0, 0.05) is 32.1 Å². The maximum absolute atomic E-state index is 12.6. The van der Waals surface area contributed by atoms with E-state index < -0.39 is 0 Å². The van der Waals surface area contributed by atoms with Gasteiger partial charge in [0.15, 0.2) is 11.5 Å². The SMILES string of the molecule is O=C(Cc1ccsc1)N1CC[C@@H](c2nc3ccc(N4CCOCC4)cn3n2)C1. The van der Waals surface area contributed by atoms with Crippen molar-refractivity contribution in [2.75, 3.05) is 44.3 Å². The summed E-state index contributed by atoms with van der Waals surface area (Å²) in [4.78, 5) is 21.5. The van der Waals surface area contributed by atoms with E-state index in [1.807, 2.05) is 38.5 Å². The number of carbonyl (C=O) groups is 1. The molecule has 0 unspecified atom stereocenters. The van der Waals surface area contributed by atoms with Crippen LogP contribution >= 0.6 is 11.3 Å². The molecule has 0 bridgehead atoms. The van der Waals surface area contributed by atoms with Gasteiger partial charge in [0.2, 0.25) is 5.91 Å². The molecule has 2 saturated heterocycles. The number of likely N-dealkylation sites (tertiary alicyclic amines) is 1. The topological polar surface area (TPSA) is 63.0 Å². The highest BCUT2D eigenvalue weighted by Gasteiger charge is 2.30. The maximum atomic E-state index is 12.6. The molecule has 8 heteroatoms. The number of fused-ring (bicyclic) bond motifs is 1. The summed E-state index contributed by atoms with van der Waals surface area (Å²) in [6.45, 7) is 4.81. The molecule has 7 nitrogen and oxygen atoms in total. The molecule has 3 aromatic heterocycles. The van der Waals surface area contributed by atoms with Gasteiger partial charge in [-0.1, -0.05) is 0 Å². The lowest BCUT2D eigenvalue weighted by atomic mass is 10.1. The van der Waals surface area contributed by atoms with Gasteiger partial charge in [-0.05, 0) is 40.9 Å². The second kappa shape index (κ2) is 7.52. The van der Waals surface area contributed by atoms with E-state index in [0.717, 1.165) is 62.0 Å². The Morgan fingerprint density at radius 3 is 2.93 bits per heavy atom. The molecule has 2 aliphatic heterocycles. The van der Waals surface area contributed by atoms with Crippen molar-refractivity contribution in [3.8, 4) is 0 Å². The fraction of sp³-hybridized carbons (Fsp3) is 0.450. The van der Waals surface area contributed by atoms with E-state index in [9.17, 15) is 4.79 Å². The van der Waals surface area contributed by atoms with Crippen LogP contribution in [0, 0.1) is 0 Å². The summed E-state index contributed by atoms with van der Waals surface area (Å²) >= 11 is 1.63. The van der Waals surface area contributed by atoms with Crippen LogP contribution < -0.4 is 4.90 Å². The van der Waals surface area contributed by atoms with E-state index >= 15 is 0 Å². The minimum atomic E-state index is 0.194. The van der Waals surface area contributed by atoms with Gasteiger partial charge in [-0.15, -0.1) is 0 Å². The third kappa shape index (κ3) is 3.49. The monoisotopic (exact) mass is 397 g/mol. The molecule has 0 N–H and O–H groups in total. The van der Waals surface area contributed by atoms with Crippen LogP contribution in [0.4, 0.5) is 5.69 Å². The molecule has 0 aliphatic carbocycles. The van der Waals surface area contributed by atoms with E-state index in [0.29, 0.717) is 13.0 Å². The molecule has 5 heterocycles. The molecule has 2 aliphatic rings. The minimum Gasteiger partial charge on any atom is -0.378 e. The number of ether oxygens (including phenoxy) is 1. The summed E-state index contributed by atoms with van der Waals surface area (Å²) < 4.78 is 7.31. The van der Waals surface area contributed by atoms with Crippen LogP contribution in [0.15, 0.2) is 35.2 Å². The molecule has 146 valence electrons.